The Morgan fingerprint density at radius 1 is 1.00 bits per heavy atom. The molecule has 0 amide bonds. The first-order valence-corrected chi connectivity index (χ1v) is 6.09. The number of benzene rings is 2. The minimum Gasteiger partial charge on any atom is -0.305 e. The van der Waals surface area contributed by atoms with Gasteiger partial charge in [0.25, 0.3) is 0 Å². The summed E-state index contributed by atoms with van der Waals surface area (Å²) in [5.74, 6) is 0.0675. The van der Waals surface area contributed by atoms with Crippen LogP contribution in [0.3, 0.4) is 0 Å². The van der Waals surface area contributed by atoms with Gasteiger partial charge in [0, 0.05) is 16.0 Å². The van der Waals surface area contributed by atoms with E-state index in [2.05, 4.69) is 0 Å². The third kappa shape index (κ3) is 1.06. The number of para-hydroxylation sites is 1. The molecule has 0 atom stereocenters. The molecule has 2 nitrogen and oxygen atoms in total. The second-order valence-electron chi connectivity index (χ2n) is 4.38. The molecule has 0 N–H and O–H groups in total. The van der Waals surface area contributed by atoms with Crippen molar-refractivity contribution >= 4 is 28.3 Å². The highest BCUT2D eigenvalue weighted by Crippen LogP contribution is 2.36. The van der Waals surface area contributed by atoms with Gasteiger partial charge < -0.3 is 4.57 Å². The Morgan fingerprint density at radius 2 is 1.83 bits per heavy atom. The molecule has 3 aromatic rings. The summed E-state index contributed by atoms with van der Waals surface area (Å²) in [5, 5.41) is 1.61. The summed E-state index contributed by atoms with van der Waals surface area (Å²) in [5.41, 5.74) is 3.37. The van der Waals surface area contributed by atoms with Gasteiger partial charge in [0.1, 0.15) is 0 Å². The number of fused-ring (bicyclic) bond motifs is 5. The van der Waals surface area contributed by atoms with E-state index < -0.39 is 0 Å². The molecule has 0 saturated carbocycles. The molecule has 2 heterocycles. The lowest BCUT2D eigenvalue weighted by molar-refractivity contribution is 0.104. The van der Waals surface area contributed by atoms with Crippen LogP contribution in [0.15, 0.2) is 48.5 Å². The van der Waals surface area contributed by atoms with Crippen molar-refractivity contribution in [3.05, 3.63) is 64.8 Å². The zero-order valence-corrected chi connectivity index (χ0v) is 10.1. The highest BCUT2D eigenvalue weighted by atomic mass is 35.5. The fourth-order valence-corrected chi connectivity index (χ4v) is 2.84. The highest BCUT2D eigenvalue weighted by Gasteiger charge is 2.28. The molecule has 0 aliphatic carbocycles. The Morgan fingerprint density at radius 3 is 2.72 bits per heavy atom. The van der Waals surface area contributed by atoms with Crippen molar-refractivity contribution in [2.24, 2.45) is 0 Å². The van der Waals surface area contributed by atoms with E-state index in [0.717, 1.165) is 22.2 Å². The molecule has 0 radical (unpaired) electrons. The number of carbonyl (C=O) groups is 1. The van der Waals surface area contributed by atoms with E-state index in [1.165, 1.54) is 0 Å². The SMILES string of the molecule is O=C1c2ccccc2-n2c1cc1c(Cl)cccc12. The quantitative estimate of drug-likeness (QED) is 0.467. The van der Waals surface area contributed by atoms with Crippen LogP contribution in [-0.2, 0) is 0 Å². The molecule has 2 aromatic carbocycles. The molecule has 18 heavy (non-hydrogen) atoms. The normalized spacial score (nSPS) is 12.8. The zero-order valence-electron chi connectivity index (χ0n) is 9.35. The topological polar surface area (TPSA) is 22.0 Å². The summed E-state index contributed by atoms with van der Waals surface area (Å²) < 4.78 is 1.98. The van der Waals surface area contributed by atoms with Crippen LogP contribution >= 0.6 is 11.6 Å². The zero-order chi connectivity index (χ0) is 12.3. The van der Waals surface area contributed by atoms with Crippen LogP contribution < -0.4 is 0 Å². The van der Waals surface area contributed by atoms with Crippen molar-refractivity contribution in [1.82, 2.24) is 4.57 Å². The minimum atomic E-state index is 0.0675. The lowest BCUT2D eigenvalue weighted by atomic mass is 10.1. The third-order valence-electron chi connectivity index (χ3n) is 3.41. The lowest BCUT2D eigenvalue weighted by Crippen LogP contribution is -1.94. The summed E-state index contributed by atoms with van der Waals surface area (Å²) in [6.07, 6.45) is 0. The van der Waals surface area contributed by atoms with E-state index in [0.29, 0.717) is 10.7 Å². The summed E-state index contributed by atoms with van der Waals surface area (Å²) >= 11 is 6.17. The van der Waals surface area contributed by atoms with E-state index in [-0.39, 0.29) is 5.78 Å². The third-order valence-corrected chi connectivity index (χ3v) is 3.74. The van der Waals surface area contributed by atoms with Crippen LogP contribution in [-0.4, -0.2) is 10.4 Å². The second kappa shape index (κ2) is 3.24. The summed E-state index contributed by atoms with van der Waals surface area (Å²) in [4.78, 5) is 12.3. The summed E-state index contributed by atoms with van der Waals surface area (Å²) in [7, 11) is 0. The number of rotatable bonds is 0. The monoisotopic (exact) mass is 253 g/mol. The van der Waals surface area contributed by atoms with Crippen molar-refractivity contribution < 1.29 is 4.79 Å². The summed E-state index contributed by atoms with van der Waals surface area (Å²) in [6.45, 7) is 0. The fraction of sp³-hybridized carbons (Fsp3) is 0. The van der Waals surface area contributed by atoms with E-state index >= 15 is 0 Å². The van der Waals surface area contributed by atoms with Gasteiger partial charge in [-0.3, -0.25) is 4.79 Å². The molecule has 1 aromatic heterocycles. The first-order chi connectivity index (χ1) is 8.77. The number of hydrogen-bond donors (Lipinski definition) is 0. The van der Waals surface area contributed by atoms with Crippen molar-refractivity contribution in [1.29, 1.82) is 0 Å². The van der Waals surface area contributed by atoms with Crippen LogP contribution in [0.2, 0.25) is 5.02 Å². The maximum atomic E-state index is 12.3. The fourth-order valence-electron chi connectivity index (χ4n) is 2.62. The Labute approximate surface area is 108 Å². The molecule has 0 saturated heterocycles. The smallest absolute Gasteiger partial charge is 0.211 e. The van der Waals surface area contributed by atoms with E-state index in [1.807, 2.05) is 53.1 Å². The van der Waals surface area contributed by atoms with Crippen LogP contribution in [0.25, 0.3) is 16.6 Å². The van der Waals surface area contributed by atoms with Gasteiger partial charge in [-0.05, 0) is 30.3 Å². The second-order valence-corrected chi connectivity index (χ2v) is 4.79. The lowest BCUT2D eigenvalue weighted by Gasteiger charge is -2.03. The molecular formula is C15H8ClNO. The number of nitrogens with zero attached hydrogens (tertiary/aromatic N) is 1. The predicted octanol–water partition coefficient (Wildman–Crippen LogP) is 3.83. The molecular weight excluding hydrogens is 246 g/mol. The van der Waals surface area contributed by atoms with Gasteiger partial charge in [0.15, 0.2) is 0 Å². The maximum absolute atomic E-state index is 12.3. The first kappa shape index (κ1) is 9.92. The van der Waals surface area contributed by atoms with E-state index in [1.54, 1.807) is 0 Å². The average Bonchev–Trinajstić information content (AvgIpc) is 2.89. The standard InChI is InChI=1S/C15H8ClNO/c16-11-5-3-7-13-10(11)8-14-15(18)9-4-1-2-6-12(9)17(13)14/h1-8H. The molecule has 1 aliphatic heterocycles. The molecule has 0 spiro atoms. The minimum absolute atomic E-state index is 0.0675. The number of aromatic nitrogens is 1. The van der Waals surface area contributed by atoms with Crippen LogP contribution in [0.5, 0.6) is 0 Å². The maximum Gasteiger partial charge on any atom is 0.211 e. The Hall–Kier alpha value is -2.06. The van der Waals surface area contributed by atoms with E-state index in [4.69, 9.17) is 11.6 Å². The van der Waals surface area contributed by atoms with Gasteiger partial charge in [-0.25, -0.2) is 0 Å². The number of halogens is 1. The molecule has 86 valence electrons. The largest absolute Gasteiger partial charge is 0.305 e. The number of hydrogen-bond acceptors (Lipinski definition) is 1. The van der Waals surface area contributed by atoms with Crippen molar-refractivity contribution in [2.75, 3.05) is 0 Å². The van der Waals surface area contributed by atoms with E-state index in [9.17, 15) is 4.79 Å². The summed E-state index contributed by atoms with van der Waals surface area (Å²) in [6, 6.07) is 15.3. The van der Waals surface area contributed by atoms with Gasteiger partial charge >= 0.3 is 0 Å². The molecule has 0 unspecified atom stereocenters. The van der Waals surface area contributed by atoms with Crippen molar-refractivity contribution in [3.63, 3.8) is 0 Å². The Balaban J connectivity index is 2.21. The number of ketones is 1. The van der Waals surface area contributed by atoms with Gasteiger partial charge in [-0.15, -0.1) is 0 Å². The van der Waals surface area contributed by atoms with Crippen LogP contribution in [0.1, 0.15) is 16.1 Å². The molecule has 0 fully saturated rings. The molecule has 0 bridgehead atoms. The van der Waals surface area contributed by atoms with Gasteiger partial charge in [0.05, 0.1) is 16.9 Å². The number of carbonyl (C=O) groups excluding carboxylic acids is 1. The molecule has 4 rings (SSSR count). The van der Waals surface area contributed by atoms with Gasteiger partial charge in [-0.2, -0.15) is 0 Å². The first-order valence-electron chi connectivity index (χ1n) is 5.71. The van der Waals surface area contributed by atoms with Gasteiger partial charge in [0.2, 0.25) is 5.78 Å². The van der Waals surface area contributed by atoms with Gasteiger partial charge in [-0.1, -0.05) is 29.8 Å². The molecule has 3 heteroatoms. The Bertz CT molecular complexity index is 816. The van der Waals surface area contributed by atoms with Crippen LogP contribution in [0, 0.1) is 0 Å². The van der Waals surface area contributed by atoms with Crippen molar-refractivity contribution in [3.8, 4) is 5.69 Å². The highest BCUT2D eigenvalue weighted by molar-refractivity contribution is 6.36. The van der Waals surface area contributed by atoms with Crippen molar-refractivity contribution in [2.45, 2.75) is 0 Å². The predicted molar refractivity (Wildman–Crippen MR) is 71.7 cm³/mol. The molecule has 1 aliphatic rings. The Kier molecular flexibility index (Phi) is 1.78. The average molecular weight is 254 g/mol. The van der Waals surface area contributed by atoms with Crippen LogP contribution in [0.4, 0.5) is 0 Å².